The summed E-state index contributed by atoms with van der Waals surface area (Å²) < 4.78 is 24.0. The van der Waals surface area contributed by atoms with Gasteiger partial charge in [-0.3, -0.25) is 18.9 Å². The summed E-state index contributed by atoms with van der Waals surface area (Å²) in [4.78, 5) is 51.2. The number of ether oxygens (including phenoxy) is 2. The van der Waals surface area contributed by atoms with Crippen molar-refractivity contribution in [1.82, 2.24) is 29.6 Å². The molecule has 15 nitrogen and oxygen atoms in total. The first-order chi connectivity index (χ1) is 22.8. The van der Waals surface area contributed by atoms with E-state index in [-0.39, 0.29) is 44.9 Å². The van der Waals surface area contributed by atoms with Gasteiger partial charge in [-0.1, -0.05) is 55.2 Å². The Labute approximate surface area is 284 Å². The summed E-state index contributed by atoms with van der Waals surface area (Å²) in [6.07, 6.45) is -0.372. The Morgan fingerprint density at radius 2 is 1.73 bits per heavy atom. The molecule has 2 aromatic heterocycles. The van der Waals surface area contributed by atoms with Crippen molar-refractivity contribution in [2.75, 3.05) is 0 Å². The highest BCUT2D eigenvalue weighted by Crippen LogP contribution is 2.38. The lowest BCUT2D eigenvalue weighted by Crippen LogP contribution is -2.43. The van der Waals surface area contributed by atoms with Gasteiger partial charge in [0.15, 0.2) is 5.75 Å². The van der Waals surface area contributed by atoms with Crippen LogP contribution in [0, 0.1) is 11.3 Å². The molecule has 0 aliphatic carbocycles. The molecule has 48 heavy (non-hydrogen) atoms. The lowest BCUT2D eigenvalue weighted by atomic mass is 10.1. The monoisotopic (exact) mass is 717 g/mol. The van der Waals surface area contributed by atoms with Crippen LogP contribution in [0.2, 0.25) is 10.0 Å². The van der Waals surface area contributed by atoms with E-state index in [1.54, 1.807) is 50.2 Å². The molecule has 0 aliphatic heterocycles. The van der Waals surface area contributed by atoms with Crippen molar-refractivity contribution in [3.8, 4) is 29.1 Å². The first-order valence-electron chi connectivity index (χ1n) is 14.3. The maximum atomic E-state index is 13.6. The van der Waals surface area contributed by atoms with Gasteiger partial charge in [-0.15, -0.1) is 10.2 Å². The van der Waals surface area contributed by atoms with E-state index in [2.05, 4.69) is 20.4 Å². The number of esters is 1. The molecule has 0 spiro atoms. The van der Waals surface area contributed by atoms with E-state index in [0.29, 0.717) is 15.9 Å². The van der Waals surface area contributed by atoms with Crippen LogP contribution in [-0.2, 0) is 20.8 Å². The second-order valence-corrected chi connectivity index (χ2v) is 12.7. The number of nitriles is 1. The molecular weight excluding hydrogens is 688 g/mol. The van der Waals surface area contributed by atoms with Gasteiger partial charge in [-0.05, 0) is 51.0 Å². The summed E-state index contributed by atoms with van der Waals surface area (Å²) in [6, 6.07) is 13.3. The molecule has 2 atom stereocenters. The fourth-order valence-corrected chi connectivity index (χ4v) is 5.63. The maximum Gasteiger partial charge on any atom is 0.354 e. The second-order valence-electron chi connectivity index (χ2n) is 10.6. The Morgan fingerprint density at radius 1 is 1.06 bits per heavy atom. The number of nitrogens with zero attached hydrogens (tertiary/aromatic N) is 5. The van der Waals surface area contributed by atoms with Crippen molar-refractivity contribution in [3.05, 3.63) is 101 Å². The largest absolute Gasteiger partial charge is 0.462 e. The number of nitrogens with one attached hydrogen (secondary N) is 2. The van der Waals surface area contributed by atoms with E-state index in [1.807, 2.05) is 13.8 Å². The van der Waals surface area contributed by atoms with Gasteiger partial charge in [0, 0.05) is 11.6 Å². The SMILES string of the molecule is CC(C)OC(=O)[C@H](C)N[P@](OCn1c(=O)c(C#N)nn(-c2cc(Cl)c(Oc3cc(C(C)C)c(=O)[nH]n3)c(Cl)c2)c1=O)Oc1ccccc1. The van der Waals surface area contributed by atoms with E-state index in [4.69, 9.17) is 41.7 Å². The summed E-state index contributed by atoms with van der Waals surface area (Å²) in [5, 5.41) is 22.5. The van der Waals surface area contributed by atoms with Gasteiger partial charge >= 0.3 is 20.2 Å². The number of rotatable bonds is 13. The van der Waals surface area contributed by atoms with Crippen molar-refractivity contribution in [2.45, 2.75) is 59.4 Å². The highest BCUT2D eigenvalue weighted by molar-refractivity contribution is 7.45. The predicted octanol–water partition coefficient (Wildman–Crippen LogP) is 4.78. The van der Waals surface area contributed by atoms with Crippen LogP contribution in [0.25, 0.3) is 5.69 Å². The van der Waals surface area contributed by atoms with Crippen LogP contribution in [0.4, 0.5) is 0 Å². The third-order valence-electron chi connectivity index (χ3n) is 6.27. The zero-order valence-corrected chi connectivity index (χ0v) is 28.7. The van der Waals surface area contributed by atoms with Crippen LogP contribution in [0.1, 0.15) is 51.8 Å². The normalized spacial score (nSPS) is 12.4. The van der Waals surface area contributed by atoms with Crippen LogP contribution >= 0.6 is 31.7 Å². The summed E-state index contributed by atoms with van der Waals surface area (Å²) >= 11 is 13.0. The van der Waals surface area contributed by atoms with Crippen LogP contribution in [0.5, 0.6) is 17.4 Å². The molecule has 0 aliphatic rings. The zero-order valence-electron chi connectivity index (χ0n) is 26.3. The summed E-state index contributed by atoms with van der Waals surface area (Å²) in [7, 11) is -2.16. The number of halogens is 2. The number of carbonyl (C=O) groups excluding carboxylic acids is 1. The number of H-pyrrole nitrogens is 1. The topological polar surface area (TPSA) is 192 Å². The number of carbonyl (C=O) groups is 1. The smallest absolute Gasteiger partial charge is 0.354 e. The lowest BCUT2D eigenvalue weighted by Gasteiger charge is -2.22. The average Bonchev–Trinajstić information content (AvgIpc) is 3.03. The van der Waals surface area contributed by atoms with E-state index in [0.717, 1.165) is 4.68 Å². The highest BCUT2D eigenvalue weighted by Gasteiger charge is 2.25. The molecule has 0 fully saturated rings. The number of hydrogen-bond acceptors (Lipinski definition) is 12. The third-order valence-corrected chi connectivity index (χ3v) is 8.16. The maximum absolute atomic E-state index is 13.6. The Hall–Kier alpha value is -4.58. The van der Waals surface area contributed by atoms with E-state index >= 15 is 0 Å². The lowest BCUT2D eigenvalue weighted by molar-refractivity contribution is -0.149. The molecule has 2 heterocycles. The molecule has 18 heteroatoms. The molecule has 4 rings (SSSR count). The van der Waals surface area contributed by atoms with Crippen LogP contribution in [-0.4, -0.2) is 42.7 Å². The minimum Gasteiger partial charge on any atom is -0.462 e. The van der Waals surface area contributed by atoms with Gasteiger partial charge in [-0.2, -0.15) is 9.94 Å². The van der Waals surface area contributed by atoms with Crippen LogP contribution < -0.4 is 31.2 Å². The minimum absolute atomic E-state index is 0.0113. The van der Waals surface area contributed by atoms with Crippen molar-refractivity contribution in [2.24, 2.45) is 0 Å². The van der Waals surface area contributed by atoms with Gasteiger partial charge < -0.3 is 14.0 Å². The molecule has 0 radical (unpaired) electrons. The predicted molar refractivity (Wildman–Crippen MR) is 177 cm³/mol. The number of aromatic nitrogens is 5. The molecule has 0 saturated heterocycles. The van der Waals surface area contributed by atoms with Gasteiger partial charge in [0.1, 0.15) is 24.6 Å². The fourth-order valence-electron chi connectivity index (χ4n) is 3.94. The standard InChI is InChI=1S/C30H30Cl2N7O8P/c1-16(2)21-13-25(34-35-27(21)40)46-26-22(31)11-19(12-23(26)32)39-30(43)38(28(41)24(14-33)36-39)15-44-48(47-20-9-7-6-8-10-20)37-18(5)29(42)45-17(3)4/h6-13,16-18,37H,15H2,1-5H3,(H,35,40)/t18-,48+/m0/s1. The molecule has 252 valence electrons. The van der Waals surface area contributed by atoms with Gasteiger partial charge in [0.05, 0.1) is 21.8 Å². The van der Waals surface area contributed by atoms with E-state index in [1.165, 1.54) is 25.1 Å². The van der Waals surface area contributed by atoms with Gasteiger partial charge in [-0.25, -0.2) is 19.5 Å². The first-order valence-corrected chi connectivity index (χ1v) is 16.3. The van der Waals surface area contributed by atoms with Crippen molar-refractivity contribution < 1.29 is 23.3 Å². The number of para-hydroxylation sites is 1. The molecule has 0 bridgehead atoms. The van der Waals surface area contributed by atoms with Crippen LogP contribution in [0.3, 0.4) is 0 Å². The zero-order chi connectivity index (χ0) is 35.1. The van der Waals surface area contributed by atoms with Crippen LogP contribution in [0.15, 0.2) is 62.9 Å². The quantitative estimate of drug-likeness (QED) is 0.142. The van der Waals surface area contributed by atoms with Gasteiger partial charge in [0.2, 0.25) is 11.6 Å². The Morgan fingerprint density at radius 3 is 2.33 bits per heavy atom. The fraction of sp³-hybridized carbons (Fsp3) is 0.300. The van der Waals surface area contributed by atoms with Gasteiger partial charge in [0.25, 0.3) is 11.1 Å². The third kappa shape index (κ3) is 8.85. The summed E-state index contributed by atoms with van der Waals surface area (Å²) in [6.45, 7) is 7.88. The van der Waals surface area contributed by atoms with Crippen molar-refractivity contribution in [3.63, 3.8) is 0 Å². The van der Waals surface area contributed by atoms with Crippen molar-refractivity contribution in [1.29, 1.82) is 5.26 Å². The summed E-state index contributed by atoms with van der Waals surface area (Å²) in [5.74, 6) is -0.354. The molecule has 0 saturated carbocycles. The number of aromatic amines is 1. The van der Waals surface area contributed by atoms with Crippen molar-refractivity contribution >= 4 is 37.7 Å². The molecule has 0 amide bonds. The Kier molecular flexibility index (Phi) is 12.1. The number of hydrogen-bond donors (Lipinski definition) is 2. The molecule has 2 aromatic carbocycles. The second kappa shape index (κ2) is 16.0. The van der Waals surface area contributed by atoms with E-state index < -0.39 is 44.2 Å². The molecular formula is C30H30Cl2N7O8P. The average molecular weight is 718 g/mol. The first kappa shape index (κ1) is 36.3. The molecule has 0 unspecified atom stereocenters. The minimum atomic E-state index is -2.16. The Balaban J connectivity index is 1.66. The molecule has 4 aromatic rings. The Bertz CT molecular complexity index is 1990. The summed E-state index contributed by atoms with van der Waals surface area (Å²) in [5.41, 5.74) is -2.66. The number of benzene rings is 2. The van der Waals surface area contributed by atoms with E-state index in [9.17, 15) is 24.4 Å². The molecule has 2 N–H and O–H groups in total. The highest BCUT2D eigenvalue weighted by atomic mass is 35.5.